The first kappa shape index (κ1) is 18.2. The molecule has 0 saturated carbocycles. The molecule has 1 unspecified atom stereocenters. The number of ether oxygens (including phenoxy) is 3. The van der Waals surface area contributed by atoms with Crippen molar-refractivity contribution in [2.45, 2.75) is 33.6 Å². The molecule has 128 valence electrons. The Labute approximate surface area is 145 Å². The summed E-state index contributed by atoms with van der Waals surface area (Å²) in [5, 5.41) is 0. The molecule has 0 aliphatic heterocycles. The number of benzene rings is 2. The zero-order valence-corrected chi connectivity index (χ0v) is 15.0. The molecule has 0 amide bonds. The molecular weight excluding hydrogens is 300 g/mol. The van der Waals surface area contributed by atoms with Crippen LogP contribution in [0.2, 0.25) is 0 Å². The third-order valence-electron chi connectivity index (χ3n) is 3.89. The summed E-state index contributed by atoms with van der Waals surface area (Å²) < 4.78 is 16.4. The molecule has 2 aromatic carbocycles. The highest BCUT2D eigenvalue weighted by Crippen LogP contribution is 2.33. The fourth-order valence-electron chi connectivity index (χ4n) is 2.93. The summed E-state index contributed by atoms with van der Waals surface area (Å²) in [7, 11) is 0. The molecule has 0 saturated heterocycles. The first-order valence-corrected chi connectivity index (χ1v) is 8.36. The second-order valence-electron chi connectivity index (χ2n) is 6.41. The van der Waals surface area contributed by atoms with Crippen LogP contribution in [0.1, 0.15) is 39.2 Å². The van der Waals surface area contributed by atoms with Gasteiger partial charge in [0.15, 0.2) is 13.6 Å². The molecule has 3 heteroatoms. The molecule has 0 fully saturated rings. The minimum atomic E-state index is 0.165. The third kappa shape index (κ3) is 5.50. The molecule has 0 aliphatic carbocycles. The summed E-state index contributed by atoms with van der Waals surface area (Å²) >= 11 is 0. The SMILES string of the molecule is C[C+](C)C(c1ccc(OCOCOc2ccccc2)cc1)C(C)C. The lowest BCUT2D eigenvalue weighted by Gasteiger charge is -2.17. The van der Waals surface area contributed by atoms with Crippen molar-refractivity contribution >= 4 is 0 Å². The largest absolute Gasteiger partial charge is 0.467 e. The smallest absolute Gasteiger partial charge is 0.192 e. The van der Waals surface area contributed by atoms with Gasteiger partial charge in [-0.15, -0.1) is 0 Å². The average molecular weight is 327 g/mol. The molecule has 2 rings (SSSR count). The van der Waals surface area contributed by atoms with Crippen molar-refractivity contribution in [3.63, 3.8) is 0 Å². The molecule has 0 radical (unpaired) electrons. The van der Waals surface area contributed by atoms with E-state index in [1.54, 1.807) is 0 Å². The van der Waals surface area contributed by atoms with E-state index in [0.29, 0.717) is 11.8 Å². The van der Waals surface area contributed by atoms with Gasteiger partial charge in [-0.2, -0.15) is 0 Å². The molecule has 3 nitrogen and oxygen atoms in total. The Morgan fingerprint density at radius 2 is 1.33 bits per heavy atom. The first-order valence-electron chi connectivity index (χ1n) is 8.36. The molecule has 0 N–H and O–H groups in total. The fraction of sp³-hybridized carbons (Fsp3) is 0.381. The zero-order valence-electron chi connectivity index (χ0n) is 15.0. The Hall–Kier alpha value is -2.13. The minimum Gasteiger partial charge on any atom is -0.467 e. The van der Waals surface area contributed by atoms with Gasteiger partial charge in [0.2, 0.25) is 0 Å². The van der Waals surface area contributed by atoms with Crippen molar-refractivity contribution in [1.29, 1.82) is 0 Å². The quantitative estimate of drug-likeness (QED) is 0.349. The highest BCUT2D eigenvalue weighted by molar-refractivity contribution is 5.32. The molecule has 24 heavy (non-hydrogen) atoms. The summed E-state index contributed by atoms with van der Waals surface area (Å²) in [6.45, 7) is 9.22. The van der Waals surface area contributed by atoms with Crippen LogP contribution in [0.5, 0.6) is 11.5 Å². The second-order valence-corrected chi connectivity index (χ2v) is 6.41. The summed E-state index contributed by atoms with van der Waals surface area (Å²) in [5.41, 5.74) is 1.32. The van der Waals surface area contributed by atoms with Crippen LogP contribution in [0, 0.1) is 11.8 Å². The van der Waals surface area contributed by atoms with Crippen LogP contribution in [0.25, 0.3) is 0 Å². The van der Waals surface area contributed by atoms with Crippen molar-refractivity contribution in [3.05, 3.63) is 66.1 Å². The van der Waals surface area contributed by atoms with Crippen LogP contribution >= 0.6 is 0 Å². The summed E-state index contributed by atoms with van der Waals surface area (Å²) in [4.78, 5) is 0. The van der Waals surface area contributed by atoms with Crippen molar-refractivity contribution in [2.75, 3.05) is 13.6 Å². The van der Waals surface area contributed by atoms with Crippen LogP contribution in [-0.2, 0) is 4.74 Å². The Morgan fingerprint density at radius 3 is 1.83 bits per heavy atom. The van der Waals surface area contributed by atoms with Crippen LogP contribution in [-0.4, -0.2) is 13.6 Å². The van der Waals surface area contributed by atoms with E-state index < -0.39 is 0 Å². The number of hydrogen-bond donors (Lipinski definition) is 0. The summed E-state index contributed by atoms with van der Waals surface area (Å²) in [5.74, 6) is 4.08. The van der Waals surface area contributed by atoms with Gasteiger partial charge in [-0.1, -0.05) is 44.2 Å². The molecule has 0 spiro atoms. The summed E-state index contributed by atoms with van der Waals surface area (Å²) in [6.07, 6.45) is 0. The van der Waals surface area contributed by atoms with Crippen molar-refractivity contribution < 1.29 is 14.2 Å². The highest BCUT2D eigenvalue weighted by Gasteiger charge is 2.28. The van der Waals surface area contributed by atoms with E-state index in [0.717, 1.165) is 11.5 Å². The Kier molecular flexibility index (Phi) is 7.01. The lowest BCUT2D eigenvalue weighted by Crippen LogP contribution is -2.12. The summed E-state index contributed by atoms with van der Waals surface area (Å²) in [6, 6.07) is 17.8. The molecule has 0 heterocycles. The van der Waals surface area contributed by atoms with Crippen LogP contribution in [0.4, 0.5) is 0 Å². The topological polar surface area (TPSA) is 27.7 Å². The zero-order chi connectivity index (χ0) is 17.4. The van der Waals surface area contributed by atoms with Gasteiger partial charge in [-0.05, 0) is 29.8 Å². The van der Waals surface area contributed by atoms with Gasteiger partial charge in [-0.25, -0.2) is 0 Å². The Bertz CT molecular complexity index is 568. The minimum absolute atomic E-state index is 0.165. The maximum Gasteiger partial charge on any atom is 0.192 e. The van der Waals surface area contributed by atoms with Crippen LogP contribution < -0.4 is 9.47 Å². The van der Waals surface area contributed by atoms with Gasteiger partial charge in [0.05, 0.1) is 19.8 Å². The molecular formula is C21H27O3+. The predicted octanol–water partition coefficient (Wildman–Crippen LogP) is 5.43. The van der Waals surface area contributed by atoms with Gasteiger partial charge in [0.1, 0.15) is 17.4 Å². The standard InChI is InChI=1S/C21H27O3/c1-16(2)21(17(3)4)18-10-12-20(13-11-18)24-15-22-14-23-19-8-6-5-7-9-19/h5-13,16,21H,14-15H2,1-4H3/q+1. The van der Waals surface area contributed by atoms with Crippen LogP contribution in [0.3, 0.4) is 0 Å². The van der Waals surface area contributed by atoms with E-state index in [1.807, 2.05) is 42.5 Å². The molecule has 0 aliphatic rings. The molecule has 1 atom stereocenters. The van der Waals surface area contributed by atoms with Gasteiger partial charge in [0.25, 0.3) is 0 Å². The Morgan fingerprint density at radius 1 is 0.792 bits per heavy atom. The van der Waals surface area contributed by atoms with Crippen molar-refractivity contribution in [1.82, 2.24) is 0 Å². The first-order chi connectivity index (χ1) is 11.6. The van der Waals surface area contributed by atoms with E-state index in [-0.39, 0.29) is 13.6 Å². The normalized spacial score (nSPS) is 12.0. The second kappa shape index (κ2) is 9.24. The van der Waals surface area contributed by atoms with Crippen molar-refractivity contribution in [2.24, 2.45) is 5.92 Å². The van der Waals surface area contributed by atoms with Gasteiger partial charge in [0, 0.05) is 5.92 Å². The van der Waals surface area contributed by atoms with Gasteiger partial charge >= 0.3 is 0 Å². The van der Waals surface area contributed by atoms with Crippen molar-refractivity contribution in [3.8, 4) is 11.5 Å². The van der Waals surface area contributed by atoms with Gasteiger partial charge < -0.3 is 14.2 Å². The Balaban J connectivity index is 1.75. The van der Waals surface area contributed by atoms with E-state index in [1.165, 1.54) is 11.5 Å². The maximum atomic E-state index is 5.59. The van der Waals surface area contributed by atoms with Gasteiger partial charge in [-0.3, -0.25) is 0 Å². The lowest BCUT2D eigenvalue weighted by atomic mass is 9.80. The monoisotopic (exact) mass is 327 g/mol. The lowest BCUT2D eigenvalue weighted by molar-refractivity contribution is -0.0536. The molecule has 0 aromatic heterocycles. The average Bonchev–Trinajstić information content (AvgIpc) is 2.56. The van der Waals surface area contributed by atoms with E-state index in [9.17, 15) is 0 Å². The maximum absolute atomic E-state index is 5.59. The molecule has 2 aromatic rings. The number of hydrogen-bond acceptors (Lipinski definition) is 3. The van der Waals surface area contributed by atoms with E-state index in [4.69, 9.17) is 14.2 Å². The van der Waals surface area contributed by atoms with E-state index in [2.05, 4.69) is 39.8 Å². The third-order valence-corrected chi connectivity index (χ3v) is 3.89. The predicted molar refractivity (Wildman–Crippen MR) is 97.1 cm³/mol. The highest BCUT2D eigenvalue weighted by atomic mass is 16.7. The number of para-hydroxylation sites is 1. The number of rotatable bonds is 9. The molecule has 0 bridgehead atoms. The fourth-order valence-corrected chi connectivity index (χ4v) is 2.93. The van der Waals surface area contributed by atoms with Crippen LogP contribution in [0.15, 0.2) is 54.6 Å². The van der Waals surface area contributed by atoms with E-state index >= 15 is 0 Å².